The Kier molecular flexibility index (Phi) is 6.39. The molecule has 1 fully saturated rings. The number of fused-ring (bicyclic) bond motifs is 4. The van der Waals surface area contributed by atoms with E-state index in [1.54, 1.807) is 32.8 Å². The van der Waals surface area contributed by atoms with Gasteiger partial charge < -0.3 is 19.8 Å². The summed E-state index contributed by atoms with van der Waals surface area (Å²) in [6, 6.07) is 0.929. The zero-order chi connectivity index (χ0) is 28.3. The largest absolute Gasteiger partial charge is 0.444 e. The standard InChI is InChI=1S/C28H28F2N6O3S/c1-28(2,3)39-27(37)35-11-19-17(21-24(31)32-13-33-25(21)36(19)10-15(35)12-38-4)8-7-16-18(29)9-20-23(22(16)30)34-26(40-20)14-5-6-14/h9,13-15H,5-6,10-12H2,1-4H3,(H2,31,32,33). The van der Waals surface area contributed by atoms with E-state index < -0.39 is 23.3 Å². The molecule has 1 aromatic carbocycles. The Bertz CT molecular complexity index is 1730. The lowest BCUT2D eigenvalue weighted by Gasteiger charge is -2.37. The molecule has 2 aliphatic rings. The first-order chi connectivity index (χ1) is 19.1. The van der Waals surface area contributed by atoms with Crippen LogP contribution in [-0.4, -0.2) is 55.9 Å². The second-order valence-electron chi connectivity index (χ2n) is 11.1. The highest BCUT2D eigenvalue weighted by Gasteiger charge is 2.36. The molecule has 0 bridgehead atoms. The molecule has 4 heterocycles. The molecule has 1 unspecified atom stereocenters. The highest BCUT2D eigenvalue weighted by molar-refractivity contribution is 7.18. The monoisotopic (exact) mass is 566 g/mol. The van der Waals surface area contributed by atoms with E-state index in [-0.39, 0.29) is 36.1 Å². The fourth-order valence-corrected chi connectivity index (χ4v) is 6.12. The van der Waals surface area contributed by atoms with Gasteiger partial charge in [-0.15, -0.1) is 11.3 Å². The van der Waals surface area contributed by atoms with Crippen molar-refractivity contribution in [3.05, 3.63) is 45.9 Å². The predicted molar refractivity (Wildman–Crippen MR) is 147 cm³/mol. The minimum Gasteiger partial charge on any atom is -0.444 e. The number of thiazole rings is 1. The van der Waals surface area contributed by atoms with Crippen molar-refractivity contribution in [3.63, 3.8) is 0 Å². The number of anilines is 1. The third kappa shape index (κ3) is 4.63. The summed E-state index contributed by atoms with van der Waals surface area (Å²) in [5, 5.41) is 1.28. The van der Waals surface area contributed by atoms with Crippen LogP contribution in [0.4, 0.5) is 19.4 Å². The van der Waals surface area contributed by atoms with Gasteiger partial charge in [0.05, 0.1) is 51.1 Å². The number of amides is 1. The van der Waals surface area contributed by atoms with Crippen molar-refractivity contribution in [1.82, 2.24) is 24.4 Å². The number of nitrogens with zero attached hydrogens (tertiary/aromatic N) is 5. The first-order valence-corrected chi connectivity index (χ1v) is 13.8. The van der Waals surface area contributed by atoms with Crippen LogP contribution in [0, 0.1) is 23.5 Å². The van der Waals surface area contributed by atoms with Gasteiger partial charge in [0.25, 0.3) is 0 Å². The van der Waals surface area contributed by atoms with E-state index >= 15 is 8.78 Å². The molecule has 0 spiro atoms. The van der Waals surface area contributed by atoms with Gasteiger partial charge in [0.1, 0.15) is 34.7 Å². The Labute approximate surface area is 233 Å². The summed E-state index contributed by atoms with van der Waals surface area (Å²) >= 11 is 1.32. The number of carbonyl (C=O) groups is 1. The molecular formula is C28H28F2N6O3S. The summed E-state index contributed by atoms with van der Waals surface area (Å²) in [5.74, 6) is 4.60. The maximum absolute atomic E-state index is 15.5. The van der Waals surface area contributed by atoms with Gasteiger partial charge in [-0.3, -0.25) is 4.90 Å². The van der Waals surface area contributed by atoms with Crippen molar-refractivity contribution in [2.45, 2.75) is 64.3 Å². The van der Waals surface area contributed by atoms with E-state index in [0.717, 1.165) is 17.8 Å². The van der Waals surface area contributed by atoms with Crippen molar-refractivity contribution in [2.75, 3.05) is 19.5 Å². The SMILES string of the molecule is COCC1Cn2c(c(C#Cc3c(F)cc4sc(C5CC5)nc4c3F)c3c(N)ncnc32)CN1C(=O)OC(C)(C)C. The Balaban J connectivity index is 1.48. The normalized spacial score (nSPS) is 17.1. The Morgan fingerprint density at radius 1 is 1.23 bits per heavy atom. The minimum absolute atomic E-state index is 0.101. The molecule has 40 heavy (non-hydrogen) atoms. The van der Waals surface area contributed by atoms with Crippen LogP contribution in [-0.2, 0) is 22.6 Å². The van der Waals surface area contributed by atoms with Gasteiger partial charge in [-0.05, 0) is 39.7 Å². The van der Waals surface area contributed by atoms with Gasteiger partial charge in [0, 0.05) is 19.6 Å². The van der Waals surface area contributed by atoms with E-state index in [1.807, 2.05) is 4.57 Å². The first-order valence-electron chi connectivity index (χ1n) is 13.0. The average Bonchev–Trinajstić information content (AvgIpc) is 3.57. The summed E-state index contributed by atoms with van der Waals surface area (Å²) in [7, 11) is 1.56. The van der Waals surface area contributed by atoms with Crippen molar-refractivity contribution >= 4 is 44.5 Å². The van der Waals surface area contributed by atoms with Crippen LogP contribution < -0.4 is 5.73 Å². The van der Waals surface area contributed by atoms with Gasteiger partial charge >= 0.3 is 6.09 Å². The number of carbonyl (C=O) groups excluding carboxylic acids is 1. The molecule has 4 aromatic rings. The molecule has 6 rings (SSSR count). The molecule has 9 nitrogen and oxygen atoms in total. The number of benzene rings is 1. The van der Waals surface area contributed by atoms with Crippen LogP contribution in [0.25, 0.3) is 21.3 Å². The Morgan fingerprint density at radius 3 is 2.67 bits per heavy atom. The first kappa shape index (κ1) is 26.4. The number of aromatic nitrogens is 4. The molecule has 1 aliphatic heterocycles. The second-order valence-corrected chi connectivity index (χ2v) is 12.1. The second kappa shape index (κ2) is 9.67. The molecule has 0 saturated heterocycles. The van der Waals surface area contributed by atoms with E-state index in [1.165, 1.54) is 23.7 Å². The van der Waals surface area contributed by atoms with Crippen LogP contribution in [0.5, 0.6) is 0 Å². The van der Waals surface area contributed by atoms with Crippen LogP contribution in [0.3, 0.4) is 0 Å². The van der Waals surface area contributed by atoms with E-state index in [4.69, 9.17) is 15.2 Å². The van der Waals surface area contributed by atoms with Crippen molar-refractivity contribution in [1.29, 1.82) is 0 Å². The van der Waals surface area contributed by atoms with Crippen LogP contribution in [0.1, 0.15) is 61.4 Å². The van der Waals surface area contributed by atoms with Gasteiger partial charge in [-0.2, -0.15) is 0 Å². The number of halogens is 2. The quantitative estimate of drug-likeness (QED) is 0.350. The zero-order valence-corrected chi connectivity index (χ0v) is 23.4. The fraction of sp³-hybridized carbons (Fsp3) is 0.429. The molecule has 1 amide bonds. The van der Waals surface area contributed by atoms with Crippen molar-refractivity contribution in [3.8, 4) is 11.8 Å². The lowest BCUT2D eigenvalue weighted by molar-refractivity contribution is -0.00478. The lowest BCUT2D eigenvalue weighted by atomic mass is 10.1. The lowest BCUT2D eigenvalue weighted by Crippen LogP contribution is -2.50. The maximum Gasteiger partial charge on any atom is 0.411 e. The molecule has 1 saturated carbocycles. The summed E-state index contributed by atoms with van der Waals surface area (Å²) in [4.78, 5) is 27.8. The van der Waals surface area contributed by atoms with Crippen molar-refractivity contribution in [2.24, 2.45) is 0 Å². The van der Waals surface area contributed by atoms with Gasteiger partial charge in [-0.1, -0.05) is 11.8 Å². The molecule has 12 heteroatoms. The molecular weight excluding hydrogens is 538 g/mol. The van der Waals surface area contributed by atoms with E-state index in [0.29, 0.717) is 39.5 Å². The molecule has 1 aliphatic carbocycles. The maximum atomic E-state index is 15.5. The smallest absolute Gasteiger partial charge is 0.411 e. The van der Waals surface area contributed by atoms with Crippen LogP contribution >= 0.6 is 11.3 Å². The third-order valence-electron chi connectivity index (χ3n) is 6.95. The molecule has 0 radical (unpaired) electrons. The minimum atomic E-state index is -0.789. The predicted octanol–water partition coefficient (Wildman–Crippen LogP) is 4.94. The zero-order valence-electron chi connectivity index (χ0n) is 22.5. The third-order valence-corrected chi connectivity index (χ3v) is 8.12. The van der Waals surface area contributed by atoms with Gasteiger partial charge in [0.2, 0.25) is 0 Å². The number of nitrogens with two attached hydrogens (primary N) is 1. The summed E-state index contributed by atoms with van der Waals surface area (Å²) in [6.07, 6.45) is 2.86. The summed E-state index contributed by atoms with van der Waals surface area (Å²) in [5.41, 5.74) is 6.83. The Morgan fingerprint density at radius 2 is 1.98 bits per heavy atom. The van der Waals surface area contributed by atoms with E-state index in [2.05, 4.69) is 26.8 Å². The fourth-order valence-electron chi connectivity index (χ4n) is 4.96. The summed E-state index contributed by atoms with van der Waals surface area (Å²) < 4.78 is 44.1. The van der Waals surface area contributed by atoms with Gasteiger partial charge in [-0.25, -0.2) is 28.5 Å². The van der Waals surface area contributed by atoms with E-state index in [9.17, 15) is 4.79 Å². The number of nitrogen functional groups attached to an aromatic ring is 1. The summed E-state index contributed by atoms with van der Waals surface area (Å²) in [6.45, 7) is 6.06. The number of hydrogen-bond donors (Lipinski definition) is 1. The van der Waals surface area contributed by atoms with Crippen LogP contribution in [0.2, 0.25) is 0 Å². The number of ether oxygens (including phenoxy) is 2. The van der Waals surface area contributed by atoms with Gasteiger partial charge in [0.15, 0.2) is 5.82 Å². The van der Waals surface area contributed by atoms with Crippen molar-refractivity contribution < 1.29 is 23.0 Å². The molecule has 208 valence electrons. The molecule has 3 aromatic heterocycles. The average molecular weight is 567 g/mol. The molecule has 1 atom stereocenters. The highest BCUT2D eigenvalue weighted by atomic mass is 32.1. The van der Waals surface area contributed by atoms with Crippen LogP contribution in [0.15, 0.2) is 12.4 Å². The number of rotatable bonds is 3. The number of methoxy groups -OCH3 is 1. The topological polar surface area (TPSA) is 108 Å². The highest BCUT2D eigenvalue weighted by Crippen LogP contribution is 2.44. The number of hydrogen-bond acceptors (Lipinski definition) is 8. The Hall–Kier alpha value is -3.82. The molecule has 2 N–H and O–H groups in total.